The molecule has 1 N–H and O–H groups in total. The van der Waals surface area contributed by atoms with Crippen molar-refractivity contribution in [3.8, 4) is 0 Å². The molecule has 2 aliphatic rings. The number of nitrogens with one attached hydrogen (secondary N) is 1. The molecule has 0 radical (unpaired) electrons. The molecular weight excluding hydrogens is 290 g/mol. The summed E-state index contributed by atoms with van der Waals surface area (Å²) >= 11 is 1.77. The maximum absolute atomic E-state index is 6.57. The molecule has 0 bridgehead atoms. The van der Waals surface area contributed by atoms with Crippen LogP contribution >= 0.6 is 11.3 Å². The molecule has 0 spiro atoms. The molecule has 0 fully saturated rings. The van der Waals surface area contributed by atoms with E-state index in [4.69, 9.17) is 4.74 Å². The summed E-state index contributed by atoms with van der Waals surface area (Å²) in [6.07, 6.45) is 16.4. The van der Waals surface area contributed by atoms with Crippen LogP contribution in [0.15, 0.2) is 65.6 Å². The van der Waals surface area contributed by atoms with Crippen molar-refractivity contribution in [3.05, 3.63) is 70.5 Å². The van der Waals surface area contributed by atoms with Crippen LogP contribution < -0.4 is 5.32 Å². The number of thiophene rings is 1. The minimum Gasteiger partial charge on any atom is -0.364 e. The largest absolute Gasteiger partial charge is 0.364 e. The summed E-state index contributed by atoms with van der Waals surface area (Å²) in [5.74, 6) is 0. The molecule has 22 heavy (non-hydrogen) atoms. The first kappa shape index (κ1) is 15.5. The van der Waals surface area contributed by atoms with E-state index in [2.05, 4.69) is 72.3 Å². The van der Waals surface area contributed by atoms with E-state index in [0.29, 0.717) is 0 Å². The van der Waals surface area contributed by atoms with Crippen LogP contribution in [-0.2, 0) is 4.74 Å². The number of ether oxygens (including phenoxy) is 1. The van der Waals surface area contributed by atoms with Crippen molar-refractivity contribution in [2.24, 2.45) is 5.41 Å². The van der Waals surface area contributed by atoms with E-state index in [0.717, 1.165) is 13.0 Å². The lowest BCUT2D eigenvalue weighted by Gasteiger charge is -2.39. The Hall–Kier alpha value is -1.42. The summed E-state index contributed by atoms with van der Waals surface area (Å²) in [6.45, 7) is 3.21. The Labute approximate surface area is 136 Å². The Kier molecular flexibility index (Phi) is 4.77. The second-order valence-corrected chi connectivity index (χ2v) is 6.94. The molecule has 3 rings (SSSR count). The molecule has 2 aliphatic carbocycles. The van der Waals surface area contributed by atoms with Crippen molar-refractivity contribution < 1.29 is 4.74 Å². The maximum atomic E-state index is 6.57. The number of fused-ring (bicyclic) bond motifs is 1. The fourth-order valence-electron chi connectivity index (χ4n) is 3.04. The SMILES string of the molecule is CNCCC(OC1C=CC=C2C=CC=C[C@@]21C)c1cccs1. The minimum absolute atomic E-state index is 0.0673. The van der Waals surface area contributed by atoms with Crippen LogP contribution in [0.4, 0.5) is 0 Å². The predicted octanol–water partition coefficient (Wildman–Crippen LogP) is 4.41. The van der Waals surface area contributed by atoms with Gasteiger partial charge in [0.2, 0.25) is 0 Å². The van der Waals surface area contributed by atoms with Crippen molar-refractivity contribution in [3.63, 3.8) is 0 Å². The summed E-state index contributed by atoms with van der Waals surface area (Å²) in [7, 11) is 1.99. The highest BCUT2D eigenvalue weighted by molar-refractivity contribution is 7.10. The minimum atomic E-state index is -0.0708. The van der Waals surface area contributed by atoms with Crippen LogP contribution in [0.1, 0.15) is 24.3 Å². The summed E-state index contributed by atoms with van der Waals surface area (Å²) in [6, 6.07) is 4.27. The third-order valence-electron chi connectivity index (χ3n) is 4.43. The van der Waals surface area contributed by atoms with Crippen LogP contribution in [0.25, 0.3) is 0 Å². The summed E-state index contributed by atoms with van der Waals surface area (Å²) in [5, 5.41) is 5.36. The van der Waals surface area contributed by atoms with Gasteiger partial charge in [-0.2, -0.15) is 0 Å². The van der Waals surface area contributed by atoms with E-state index in [1.165, 1.54) is 10.5 Å². The van der Waals surface area contributed by atoms with Gasteiger partial charge in [0, 0.05) is 10.3 Å². The molecule has 3 atom stereocenters. The lowest BCUT2D eigenvalue weighted by Crippen LogP contribution is -2.36. The van der Waals surface area contributed by atoms with Crippen LogP contribution in [-0.4, -0.2) is 19.7 Å². The van der Waals surface area contributed by atoms with E-state index in [-0.39, 0.29) is 17.6 Å². The third-order valence-corrected chi connectivity index (χ3v) is 5.40. The van der Waals surface area contributed by atoms with Gasteiger partial charge in [0.15, 0.2) is 0 Å². The van der Waals surface area contributed by atoms with E-state index >= 15 is 0 Å². The van der Waals surface area contributed by atoms with Gasteiger partial charge in [0.05, 0.1) is 12.2 Å². The van der Waals surface area contributed by atoms with Crippen LogP contribution in [0.5, 0.6) is 0 Å². The lowest BCUT2D eigenvalue weighted by molar-refractivity contribution is -0.0283. The highest BCUT2D eigenvalue weighted by atomic mass is 32.1. The summed E-state index contributed by atoms with van der Waals surface area (Å²) in [4.78, 5) is 1.30. The van der Waals surface area contributed by atoms with Gasteiger partial charge in [-0.05, 0) is 44.0 Å². The van der Waals surface area contributed by atoms with Gasteiger partial charge in [-0.3, -0.25) is 0 Å². The van der Waals surface area contributed by atoms with Crippen molar-refractivity contribution >= 4 is 11.3 Å². The number of allylic oxidation sites excluding steroid dienone is 5. The Bertz CT molecular complexity index is 611. The maximum Gasteiger partial charge on any atom is 0.0937 e. The first-order valence-corrected chi connectivity index (χ1v) is 8.70. The van der Waals surface area contributed by atoms with Crippen molar-refractivity contribution in [2.45, 2.75) is 25.6 Å². The van der Waals surface area contributed by atoms with E-state index in [1.54, 1.807) is 11.3 Å². The standard InChI is InChI=1S/C19H23NOS/c1-19-12-4-3-7-15(19)8-5-10-18(19)21-16(11-13-20-2)17-9-6-14-22-17/h3-10,12,14,16,18,20H,11,13H2,1-2H3/t16?,18?,19-/m0/s1. The zero-order chi connectivity index (χ0) is 15.4. The molecule has 0 amide bonds. The zero-order valence-corrected chi connectivity index (χ0v) is 14.0. The Balaban J connectivity index is 1.80. The molecule has 116 valence electrons. The van der Waals surface area contributed by atoms with Crippen molar-refractivity contribution in [2.75, 3.05) is 13.6 Å². The second-order valence-electron chi connectivity index (χ2n) is 5.96. The van der Waals surface area contributed by atoms with Crippen LogP contribution in [0.3, 0.4) is 0 Å². The smallest absolute Gasteiger partial charge is 0.0937 e. The molecule has 2 nitrogen and oxygen atoms in total. The Morgan fingerprint density at radius 2 is 2.27 bits per heavy atom. The van der Waals surface area contributed by atoms with Gasteiger partial charge in [-0.1, -0.05) is 48.6 Å². The van der Waals surface area contributed by atoms with E-state index in [1.807, 2.05) is 7.05 Å². The number of rotatable bonds is 6. The first-order chi connectivity index (χ1) is 10.7. The average Bonchev–Trinajstić information content (AvgIpc) is 3.06. The average molecular weight is 313 g/mol. The predicted molar refractivity (Wildman–Crippen MR) is 94.1 cm³/mol. The topological polar surface area (TPSA) is 21.3 Å². The molecule has 1 aromatic heterocycles. The van der Waals surface area contributed by atoms with E-state index < -0.39 is 0 Å². The van der Waals surface area contributed by atoms with Gasteiger partial charge in [-0.15, -0.1) is 11.3 Å². The van der Waals surface area contributed by atoms with E-state index in [9.17, 15) is 0 Å². The van der Waals surface area contributed by atoms with Gasteiger partial charge >= 0.3 is 0 Å². The first-order valence-electron chi connectivity index (χ1n) is 7.82. The van der Waals surface area contributed by atoms with Gasteiger partial charge < -0.3 is 10.1 Å². The van der Waals surface area contributed by atoms with Gasteiger partial charge in [0.1, 0.15) is 0 Å². The molecule has 0 aromatic carbocycles. The molecule has 3 heteroatoms. The molecule has 1 aromatic rings. The van der Waals surface area contributed by atoms with Gasteiger partial charge in [-0.25, -0.2) is 0 Å². The Morgan fingerprint density at radius 3 is 3.05 bits per heavy atom. The monoisotopic (exact) mass is 313 g/mol. The third kappa shape index (κ3) is 3.02. The quantitative estimate of drug-likeness (QED) is 0.840. The summed E-state index contributed by atoms with van der Waals surface area (Å²) in [5.41, 5.74) is 1.25. The zero-order valence-electron chi connectivity index (χ0n) is 13.2. The Morgan fingerprint density at radius 1 is 1.36 bits per heavy atom. The lowest BCUT2D eigenvalue weighted by atomic mass is 9.72. The number of hydrogen-bond acceptors (Lipinski definition) is 3. The molecular formula is C19H23NOS. The summed E-state index contributed by atoms with van der Waals surface area (Å²) < 4.78 is 6.57. The van der Waals surface area contributed by atoms with Crippen LogP contribution in [0, 0.1) is 5.41 Å². The van der Waals surface area contributed by atoms with Crippen molar-refractivity contribution in [1.29, 1.82) is 0 Å². The highest BCUT2D eigenvalue weighted by Gasteiger charge is 2.37. The molecule has 2 unspecified atom stereocenters. The van der Waals surface area contributed by atoms with Gasteiger partial charge in [0.25, 0.3) is 0 Å². The molecule has 0 saturated heterocycles. The fraction of sp³-hybridized carbons (Fsp3) is 0.368. The molecule has 0 aliphatic heterocycles. The van der Waals surface area contributed by atoms with Crippen molar-refractivity contribution in [1.82, 2.24) is 5.32 Å². The highest BCUT2D eigenvalue weighted by Crippen LogP contribution is 2.43. The molecule has 1 heterocycles. The normalized spacial score (nSPS) is 27.5. The fourth-order valence-corrected chi connectivity index (χ4v) is 3.83. The molecule has 0 saturated carbocycles. The second kappa shape index (κ2) is 6.78. The van der Waals surface area contributed by atoms with Crippen LogP contribution in [0.2, 0.25) is 0 Å². The number of hydrogen-bond donors (Lipinski definition) is 1.